The molecule has 1 atom stereocenters. The summed E-state index contributed by atoms with van der Waals surface area (Å²) < 4.78 is 24.3. The Kier molecular flexibility index (Phi) is 9.67. The second-order valence-corrected chi connectivity index (χ2v) is 10.8. The maximum absolute atomic E-state index is 13.9. The van der Waals surface area contributed by atoms with Crippen LogP contribution in [0.4, 0.5) is 0 Å². The molecule has 4 rings (SSSR count). The Labute approximate surface area is 253 Å². The number of rotatable bonds is 10. The third kappa shape index (κ3) is 6.33. The van der Waals surface area contributed by atoms with Gasteiger partial charge >= 0.3 is 5.97 Å². The molecule has 1 heterocycles. The van der Waals surface area contributed by atoms with Crippen LogP contribution in [0, 0.1) is 6.92 Å². The Morgan fingerprint density at radius 3 is 2.45 bits per heavy atom. The number of halogens is 1. The number of benzene rings is 3. The predicted molar refractivity (Wildman–Crippen MR) is 167 cm³/mol. The quantitative estimate of drug-likeness (QED) is 0.145. The van der Waals surface area contributed by atoms with Crippen LogP contribution in [0.3, 0.4) is 0 Å². The second-order valence-electron chi connectivity index (χ2n) is 9.92. The van der Waals surface area contributed by atoms with E-state index in [4.69, 9.17) is 23.9 Å². The van der Waals surface area contributed by atoms with Crippen molar-refractivity contribution >= 4 is 39.0 Å². The van der Waals surface area contributed by atoms with E-state index in [-0.39, 0.29) is 23.8 Å². The van der Waals surface area contributed by atoms with Crippen molar-refractivity contribution in [1.82, 2.24) is 9.66 Å². The van der Waals surface area contributed by atoms with E-state index in [2.05, 4.69) is 34.9 Å². The summed E-state index contributed by atoms with van der Waals surface area (Å²) in [6.07, 6.45) is 0.577. The van der Waals surface area contributed by atoms with E-state index in [0.29, 0.717) is 32.5 Å². The Hall–Kier alpha value is -4.18. The van der Waals surface area contributed by atoms with Crippen LogP contribution in [-0.4, -0.2) is 48.8 Å². The Morgan fingerprint density at radius 1 is 1.07 bits per heavy atom. The molecule has 0 spiro atoms. The van der Waals surface area contributed by atoms with Crippen molar-refractivity contribution in [3.8, 4) is 28.6 Å². The van der Waals surface area contributed by atoms with Crippen molar-refractivity contribution in [3.63, 3.8) is 0 Å². The SMILES string of the molecule is CCOC(=O)[C@@H](C)Oc1c(C=Nn2c(-c3cc(C(C)C)c(OC)cc3C)nc3ccccc3c2=O)cc(Br)cc1OC. The van der Waals surface area contributed by atoms with Gasteiger partial charge in [-0.1, -0.05) is 41.9 Å². The maximum Gasteiger partial charge on any atom is 0.347 e. The average molecular weight is 637 g/mol. The van der Waals surface area contributed by atoms with Gasteiger partial charge in [-0.25, -0.2) is 9.78 Å². The number of hydrogen-bond acceptors (Lipinski definition) is 8. The smallest absolute Gasteiger partial charge is 0.347 e. The number of aromatic nitrogens is 2. The summed E-state index contributed by atoms with van der Waals surface area (Å²) in [5.41, 5.74) is 3.30. The first-order valence-electron chi connectivity index (χ1n) is 13.5. The van der Waals surface area contributed by atoms with E-state index in [1.165, 1.54) is 18.0 Å². The lowest BCUT2D eigenvalue weighted by Crippen LogP contribution is -2.26. The average Bonchev–Trinajstić information content (AvgIpc) is 2.97. The van der Waals surface area contributed by atoms with E-state index >= 15 is 0 Å². The molecule has 42 heavy (non-hydrogen) atoms. The number of aryl methyl sites for hydroxylation is 1. The number of ether oxygens (including phenoxy) is 4. The largest absolute Gasteiger partial charge is 0.496 e. The molecule has 0 fully saturated rings. The van der Waals surface area contributed by atoms with Gasteiger partial charge in [0.25, 0.3) is 5.56 Å². The molecule has 0 saturated heterocycles. The molecule has 0 radical (unpaired) electrons. The molecule has 0 N–H and O–H groups in total. The molecule has 0 aliphatic carbocycles. The summed E-state index contributed by atoms with van der Waals surface area (Å²) in [5.74, 6) is 1.44. The number of hydrogen-bond donors (Lipinski definition) is 0. The molecule has 0 saturated carbocycles. The first kappa shape index (κ1) is 30.8. The minimum Gasteiger partial charge on any atom is -0.496 e. The van der Waals surface area contributed by atoms with Gasteiger partial charge < -0.3 is 18.9 Å². The van der Waals surface area contributed by atoms with Crippen LogP contribution in [0.1, 0.15) is 50.3 Å². The molecule has 0 aliphatic rings. The Morgan fingerprint density at radius 2 is 1.79 bits per heavy atom. The van der Waals surface area contributed by atoms with Gasteiger partial charge in [0, 0.05) is 15.6 Å². The van der Waals surface area contributed by atoms with Crippen LogP contribution < -0.4 is 19.8 Å². The van der Waals surface area contributed by atoms with Crippen molar-refractivity contribution in [2.45, 2.75) is 46.6 Å². The highest BCUT2D eigenvalue weighted by molar-refractivity contribution is 9.10. The minimum atomic E-state index is -0.913. The number of methoxy groups -OCH3 is 2. The van der Waals surface area contributed by atoms with Gasteiger partial charge in [0.15, 0.2) is 23.4 Å². The zero-order valence-electron chi connectivity index (χ0n) is 24.7. The van der Waals surface area contributed by atoms with Crippen LogP contribution >= 0.6 is 15.9 Å². The van der Waals surface area contributed by atoms with Gasteiger partial charge in [0.2, 0.25) is 0 Å². The van der Waals surface area contributed by atoms with Gasteiger partial charge in [-0.05, 0) is 74.2 Å². The summed E-state index contributed by atoms with van der Waals surface area (Å²) in [6, 6.07) is 14.6. The van der Waals surface area contributed by atoms with Crippen LogP contribution in [0.15, 0.2) is 62.9 Å². The molecule has 3 aromatic carbocycles. The summed E-state index contributed by atoms with van der Waals surface area (Å²) in [5, 5.41) is 5.06. The topological polar surface area (TPSA) is 101 Å². The van der Waals surface area contributed by atoms with Crippen molar-refractivity contribution in [2.24, 2.45) is 5.10 Å². The predicted octanol–water partition coefficient (Wildman–Crippen LogP) is 6.49. The normalized spacial score (nSPS) is 12.1. The third-order valence-electron chi connectivity index (χ3n) is 6.69. The van der Waals surface area contributed by atoms with E-state index in [1.54, 1.807) is 51.3 Å². The fourth-order valence-corrected chi connectivity index (χ4v) is 4.99. The second kappa shape index (κ2) is 13.2. The first-order chi connectivity index (χ1) is 20.1. The number of para-hydroxylation sites is 1. The first-order valence-corrected chi connectivity index (χ1v) is 14.3. The fourth-order valence-electron chi connectivity index (χ4n) is 4.54. The van der Waals surface area contributed by atoms with Crippen molar-refractivity contribution in [2.75, 3.05) is 20.8 Å². The zero-order chi connectivity index (χ0) is 30.6. The van der Waals surface area contributed by atoms with Gasteiger partial charge in [0.05, 0.1) is 37.9 Å². The Bertz CT molecular complexity index is 1710. The van der Waals surface area contributed by atoms with Crippen molar-refractivity contribution in [1.29, 1.82) is 0 Å². The number of carbonyl (C=O) groups is 1. The van der Waals surface area contributed by atoms with E-state index < -0.39 is 12.1 Å². The Balaban J connectivity index is 1.95. The molecule has 10 heteroatoms. The molecule has 0 amide bonds. The molecule has 9 nitrogen and oxygen atoms in total. The number of fused-ring (bicyclic) bond motifs is 1. The molecule has 0 bridgehead atoms. The maximum atomic E-state index is 13.9. The van der Waals surface area contributed by atoms with Crippen LogP contribution in [-0.2, 0) is 9.53 Å². The summed E-state index contributed by atoms with van der Waals surface area (Å²) in [4.78, 5) is 31.1. The van der Waals surface area contributed by atoms with Gasteiger partial charge in [-0.2, -0.15) is 9.78 Å². The van der Waals surface area contributed by atoms with Crippen LogP contribution in [0.2, 0.25) is 0 Å². The molecular formula is C32H34BrN3O6. The number of carbonyl (C=O) groups excluding carboxylic acids is 1. The highest BCUT2D eigenvalue weighted by atomic mass is 79.9. The van der Waals surface area contributed by atoms with E-state index in [0.717, 1.165) is 22.4 Å². The van der Waals surface area contributed by atoms with Crippen LogP contribution in [0.5, 0.6) is 17.2 Å². The molecule has 0 unspecified atom stereocenters. The summed E-state index contributed by atoms with van der Waals surface area (Å²) >= 11 is 3.50. The lowest BCUT2D eigenvalue weighted by Gasteiger charge is -2.18. The summed E-state index contributed by atoms with van der Waals surface area (Å²) in [6.45, 7) is 9.64. The van der Waals surface area contributed by atoms with Gasteiger partial charge in [-0.3, -0.25) is 4.79 Å². The molecule has 0 aliphatic heterocycles. The molecular weight excluding hydrogens is 602 g/mol. The number of esters is 1. The lowest BCUT2D eigenvalue weighted by molar-refractivity contribution is -0.150. The van der Waals surface area contributed by atoms with Gasteiger partial charge in [0.1, 0.15) is 5.75 Å². The van der Waals surface area contributed by atoms with Gasteiger partial charge in [-0.15, -0.1) is 0 Å². The standard InChI is InChI=1S/C32H34BrN3O6/c1-8-41-32(38)20(5)42-29-21(14-22(33)15-28(29)40-7)17-34-36-30(35-26-12-10-9-11-23(26)31(36)37)25-16-24(18(2)3)27(39-6)13-19(25)4/h9-18,20H,8H2,1-7H3/t20-/m1/s1. The van der Waals surface area contributed by atoms with E-state index in [1.807, 2.05) is 25.1 Å². The lowest BCUT2D eigenvalue weighted by atomic mass is 9.96. The molecule has 220 valence electrons. The minimum absolute atomic E-state index is 0.165. The van der Waals surface area contributed by atoms with Crippen molar-refractivity contribution in [3.05, 3.63) is 80.0 Å². The number of nitrogens with zero attached hydrogens (tertiary/aromatic N) is 3. The summed E-state index contributed by atoms with van der Waals surface area (Å²) in [7, 11) is 3.14. The van der Waals surface area contributed by atoms with E-state index in [9.17, 15) is 9.59 Å². The highest BCUT2D eigenvalue weighted by Crippen LogP contribution is 2.36. The third-order valence-corrected chi connectivity index (χ3v) is 7.14. The van der Waals surface area contributed by atoms with Crippen molar-refractivity contribution < 1.29 is 23.7 Å². The fraction of sp³-hybridized carbons (Fsp3) is 0.312. The zero-order valence-corrected chi connectivity index (χ0v) is 26.3. The monoisotopic (exact) mass is 635 g/mol. The highest BCUT2D eigenvalue weighted by Gasteiger charge is 2.22. The molecule has 4 aromatic rings. The molecule has 1 aromatic heterocycles. The van der Waals surface area contributed by atoms with Crippen LogP contribution in [0.25, 0.3) is 22.3 Å².